The monoisotopic (exact) mass is 375 g/mol. The molecular weight excluding hydrogens is 361 g/mol. The van der Waals surface area contributed by atoms with Crippen LogP contribution >= 0.6 is 0 Å². The summed E-state index contributed by atoms with van der Waals surface area (Å²) in [7, 11) is 0. The van der Waals surface area contributed by atoms with E-state index in [1.165, 1.54) is 24.3 Å². The first-order valence-electron chi connectivity index (χ1n) is 8.41. The summed E-state index contributed by atoms with van der Waals surface area (Å²) in [5.41, 5.74) is 0.957. The topological polar surface area (TPSA) is 77.3 Å². The van der Waals surface area contributed by atoms with Gasteiger partial charge >= 0.3 is 6.01 Å². The second-order valence-electron chi connectivity index (χ2n) is 5.81. The first-order chi connectivity index (χ1) is 13.7. The number of halogens is 1. The molecule has 4 rings (SSSR count). The second-order valence-corrected chi connectivity index (χ2v) is 5.81. The zero-order chi connectivity index (χ0) is 19.3. The number of para-hydroxylation sites is 1. The average Bonchev–Trinajstić information content (AvgIpc) is 3.18. The third-order valence-corrected chi connectivity index (χ3v) is 3.83. The van der Waals surface area contributed by atoms with Crippen molar-refractivity contribution in [2.24, 2.45) is 0 Å². The Morgan fingerprint density at radius 3 is 2.25 bits per heavy atom. The van der Waals surface area contributed by atoms with E-state index in [1.807, 2.05) is 30.3 Å². The summed E-state index contributed by atoms with van der Waals surface area (Å²) in [6, 6.07) is 21.5. The predicted octanol–water partition coefficient (Wildman–Crippen LogP) is 4.92. The number of ether oxygens (including phenoxy) is 1. The van der Waals surface area contributed by atoms with Gasteiger partial charge in [-0.05, 0) is 60.7 Å². The summed E-state index contributed by atoms with van der Waals surface area (Å²) < 4.78 is 24.1. The van der Waals surface area contributed by atoms with E-state index in [0.29, 0.717) is 22.6 Å². The fraction of sp³-hybridized carbons (Fsp3) is 0. The fourth-order valence-corrected chi connectivity index (χ4v) is 2.45. The summed E-state index contributed by atoms with van der Waals surface area (Å²) >= 11 is 0. The summed E-state index contributed by atoms with van der Waals surface area (Å²) in [4.78, 5) is 12.3. The minimum Gasteiger partial charge on any atom is -0.457 e. The summed E-state index contributed by atoms with van der Waals surface area (Å²) in [6.07, 6.45) is 0. The van der Waals surface area contributed by atoms with Crippen LogP contribution in [0, 0.1) is 5.82 Å². The molecular formula is C21H14FN3O3. The molecule has 138 valence electrons. The number of rotatable bonds is 5. The number of anilines is 1. The number of nitrogens with zero attached hydrogens (tertiary/aromatic N) is 2. The Kier molecular flexibility index (Phi) is 4.79. The van der Waals surface area contributed by atoms with Crippen LogP contribution in [0.25, 0.3) is 11.5 Å². The highest BCUT2D eigenvalue weighted by atomic mass is 19.1. The van der Waals surface area contributed by atoms with E-state index in [2.05, 4.69) is 15.5 Å². The maximum absolute atomic E-state index is 13.0. The van der Waals surface area contributed by atoms with Crippen LogP contribution in [-0.2, 0) is 0 Å². The van der Waals surface area contributed by atoms with Crippen LogP contribution in [0.3, 0.4) is 0 Å². The zero-order valence-electron chi connectivity index (χ0n) is 14.5. The van der Waals surface area contributed by atoms with Crippen molar-refractivity contribution in [3.63, 3.8) is 0 Å². The molecule has 3 aromatic carbocycles. The molecule has 0 spiro atoms. The number of aromatic nitrogens is 2. The van der Waals surface area contributed by atoms with E-state index in [4.69, 9.17) is 9.15 Å². The molecule has 1 amide bonds. The van der Waals surface area contributed by atoms with Gasteiger partial charge in [0.05, 0.1) is 0 Å². The van der Waals surface area contributed by atoms with Gasteiger partial charge in [0.1, 0.15) is 17.3 Å². The van der Waals surface area contributed by atoms with Crippen molar-refractivity contribution in [1.82, 2.24) is 10.2 Å². The molecule has 6 nitrogen and oxygen atoms in total. The Hall–Kier alpha value is -4.00. The van der Waals surface area contributed by atoms with Crippen molar-refractivity contribution < 1.29 is 18.3 Å². The van der Waals surface area contributed by atoms with Gasteiger partial charge in [-0.25, -0.2) is 4.39 Å². The van der Waals surface area contributed by atoms with E-state index in [-0.39, 0.29) is 17.7 Å². The largest absolute Gasteiger partial charge is 0.457 e. The standard InChI is InChI=1S/C21H14FN3O3/c22-16-10-6-15(7-11-16)20-24-25-21(28-20)23-19(26)14-8-12-18(13-9-14)27-17-4-2-1-3-5-17/h1-13H,(H,23,25,26). The van der Waals surface area contributed by atoms with Crippen molar-refractivity contribution in [1.29, 1.82) is 0 Å². The Balaban J connectivity index is 1.42. The Bertz CT molecular complexity index is 1080. The van der Waals surface area contributed by atoms with Gasteiger partial charge in [0.2, 0.25) is 5.89 Å². The summed E-state index contributed by atoms with van der Waals surface area (Å²) in [6.45, 7) is 0. The highest BCUT2D eigenvalue weighted by molar-refractivity contribution is 6.03. The number of carbonyl (C=O) groups excluding carboxylic acids is 1. The van der Waals surface area contributed by atoms with Gasteiger partial charge in [-0.3, -0.25) is 10.1 Å². The molecule has 0 saturated carbocycles. The van der Waals surface area contributed by atoms with E-state index in [9.17, 15) is 9.18 Å². The van der Waals surface area contributed by atoms with Crippen LogP contribution in [0.4, 0.5) is 10.4 Å². The fourth-order valence-electron chi connectivity index (χ4n) is 2.45. The normalized spacial score (nSPS) is 10.5. The average molecular weight is 375 g/mol. The molecule has 0 aliphatic heterocycles. The number of hydrogen-bond donors (Lipinski definition) is 1. The highest BCUT2D eigenvalue weighted by Gasteiger charge is 2.13. The number of amides is 1. The first kappa shape index (κ1) is 17.4. The van der Waals surface area contributed by atoms with Crippen LogP contribution in [-0.4, -0.2) is 16.1 Å². The molecule has 1 heterocycles. The maximum atomic E-state index is 13.0. The van der Waals surface area contributed by atoms with Crippen molar-refractivity contribution in [2.45, 2.75) is 0 Å². The van der Waals surface area contributed by atoms with E-state index < -0.39 is 5.91 Å². The highest BCUT2D eigenvalue weighted by Crippen LogP contribution is 2.22. The lowest BCUT2D eigenvalue weighted by Crippen LogP contribution is -2.11. The molecule has 0 radical (unpaired) electrons. The number of benzene rings is 3. The van der Waals surface area contributed by atoms with Gasteiger partial charge in [-0.15, -0.1) is 5.10 Å². The van der Waals surface area contributed by atoms with Crippen molar-refractivity contribution in [2.75, 3.05) is 5.32 Å². The minimum atomic E-state index is -0.402. The Labute approximate surface area is 159 Å². The second kappa shape index (κ2) is 7.71. The van der Waals surface area contributed by atoms with Crippen LogP contribution in [0.15, 0.2) is 83.3 Å². The van der Waals surface area contributed by atoms with E-state index in [0.717, 1.165) is 0 Å². The van der Waals surface area contributed by atoms with Crippen LogP contribution in [0.5, 0.6) is 11.5 Å². The maximum Gasteiger partial charge on any atom is 0.322 e. The predicted molar refractivity (Wildman–Crippen MR) is 101 cm³/mol. The van der Waals surface area contributed by atoms with Gasteiger partial charge in [0.25, 0.3) is 5.91 Å². The van der Waals surface area contributed by atoms with Crippen LogP contribution in [0.2, 0.25) is 0 Å². The van der Waals surface area contributed by atoms with Crippen molar-refractivity contribution in [3.8, 4) is 23.0 Å². The van der Waals surface area contributed by atoms with Crippen LogP contribution < -0.4 is 10.1 Å². The number of carbonyl (C=O) groups is 1. The summed E-state index contributed by atoms with van der Waals surface area (Å²) in [5.74, 6) is 0.733. The lowest BCUT2D eigenvalue weighted by molar-refractivity contribution is 0.102. The molecule has 0 atom stereocenters. The van der Waals surface area contributed by atoms with Gasteiger partial charge in [0.15, 0.2) is 0 Å². The lowest BCUT2D eigenvalue weighted by atomic mass is 10.2. The third kappa shape index (κ3) is 4.04. The van der Waals surface area contributed by atoms with E-state index >= 15 is 0 Å². The molecule has 7 heteroatoms. The Morgan fingerprint density at radius 1 is 0.857 bits per heavy atom. The van der Waals surface area contributed by atoms with Crippen LogP contribution in [0.1, 0.15) is 10.4 Å². The van der Waals surface area contributed by atoms with Gasteiger partial charge < -0.3 is 9.15 Å². The van der Waals surface area contributed by atoms with E-state index in [1.54, 1.807) is 24.3 Å². The first-order valence-corrected chi connectivity index (χ1v) is 8.41. The molecule has 0 unspecified atom stereocenters. The van der Waals surface area contributed by atoms with Gasteiger partial charge in [-0.2, -0.15) is 0 Å². The lowest BCUT2D eigenvalue weighted by Gasteiger charge is -2.06. The van der Waals surface area contributed by atoms with Crippen molar-refractivity contribution >= 4 is 11.9 Å². The molecule has 28 heavy (non-hydrogen) atoms. The number of hydrogen-bond acceptors (Lipinski definition) is 5. The van der Waals surface area contributed by atoms with Gasteiger partial charge in [0, 0.05) is 11.1 Å². The quantitative estimate of drug-likeness (QED) is 0.536. The minimum absolute atomic E-state index is 0.0473. The molecule has 1 aromatic heterocycles. The van der Waals surface area contributed by atoms with Gasteiger partial charge in [-0.1, -0.05) is 23.3 Å². The molecule has 0 saturated heterocycles. The third-order valence-electron chi connectivity index (χ3n) is 3.83. The number of nitrogens with one attached hydrogen (secondary N) is 1. The molecule has 4 aromatic rings. The molecule has 0 aliphatic carbocycles. The zero-order valence-corrected chi connectivity index (χ0v) is 14.5. The molecule has 1 N–H and O–H groups in total. The SMILES string of the molecule is O=C(Nc1nnc(-c2ccc(F)cc2)o1)c1ccc(Oc2ccccc2)cc1. The molecule has 0 bridgehead atoms. The smallest absolute Gasteiger partial charge is 0.322 e. The van der Waals surface area contributed by atoms with Crippen molar-refractivity contribution in [3.05, 3.63) is 90.2 Å². The molecule has 0 aliphatic rings. The Morgan fingerprint density at radius 2 is 1.54 bits per heavy atom. The molecule has 0 fully saturated rings. The summed E-state index contributed by atoms with van der Waals surface area (Å²) in [5, 5.41) is 10.2.